The van der Waals surface area contributed by atoms with Gasteiger partial charge in [-0.25, -0.2) is 4.39 Å². The van der Waals surface area contributed by atoms with Gasteiger partial charge in [0.15, 0.2) is 0 Å². The standard InChI is InChI=1S/C9H15ClFNO2/c1-14-8(13)9(3-2-4-10)5-7(11)6-12-9/h7,12H,2-6H2,1H3/t7-,9?/m1/s1. The summed E-state index contributed by atoms with van der Waals surface area (Å²) >= 11 is 5.55. The number of ether oxygens (including phenoxy) is 1. The Morgan fingerprint density at radius 2 is 2.50 bits per heavy atom. The van der Waals surface area contributed by atoms with E-state index in [1.807, 2.05) is 0 Å². The molecule has 0 saturated carbocycles. The highest BCUT2D eigenvalue weighted by Crippen LogP contribution is 2.28. The molecule has 1 fully saturated rings. The van der Waals surface area contributed by atoms with E-state index in [0.29, 0.717) is 18.7 Å². The summed E-state index contributed by atoms with van der Waals surface area (Å²) in [4.78, 5) is 11.5. The highest BCUT2D eigenvalue weighted by atomic mass is 35.5. The van der Waals surface area contributed by atoms with E-state index in [0.717, 1.165) is 0 Å². The van der Waals surface area contributed by atoms with Gasteiger partial charge < -0.3 is 4.74 Å². The SMILES string of the molecule is COC(=O)C1(CCCCl)C[C@@H](F)CN1. The van der Waals surface area contributed by atoms with E-state index in [-0.39, 0.29) is 18.9 Å². The first-order valence-corrected chi connectivity index (χ1v) is 5.21. The van der Waals surface area contributed by atoms with Crippen molar-refractivity contribution in [2.75, 3.05) is 19.5 Å². The lowest BCUT2D eigenvalue weighted by molar-refractivity contribution is -0.148. The third kappa shape index (κ3) is 2.36. The van der Waals surface area contributed by atoms with Crippen molar-refractivity contribution in [3.05, 3.63) is 0 Å². The van der Waals surface area contributed by atoms with E-state index in [9.17, 15) is 9.18 Å². The molecule has 14 heavy (non-hydrogen) atoms. The Morgan fingerprint density at radius 1 is 1.79 bits per heavy atom. The zero-order valence-corrected chi connectivity index (χ0v) is 8.94. The van der Waals surface area contributed by atoms with Crippen molar-refractivity contribution in [2.45, 2.75) is 31.0 Å². The maximum absolute atomic E-state index is 13.0. The van der Waals surface area contributed by atoms with Crippen LogP contribution in [-0.4, -0.2) is 37.2 Å². The van der Waals surface area contributed by atoms with Crippen LogP contribution < -0.4 is 5.32 Å². The van der Waals surface area contributed by atoms with Crippen molar-refractivity contribution in [3.63, 3.8) is 0 Å². The number of rotatable bonds is 4. The smallest absolute Gasteiger partial charge is 0.326 e. The molecule has 5 heteroatoms. The van der Waals surface area contributed by atoms with Gasteiger partial charge in [-0.05, 0) is 12.8 Å². The molecule has 3 nitrogen and oxygen atoms in total. The molecule has 0 bridgehead atoms. The Balaban J connectivity index is 2.65. The summed E-state index contributed by atoms with van der Waals surface area (Å²) in [6.45, 7) is 0.220. The minimum absolute atomic E-state index is 0.191. The third-order valence-corrected chi connectivity index (χ3v) is 2.81. The van der Waals surface area contributed by atoms with Crippen molar-refractivity contribution in [2.24, 2.45) is 0 Å². The number of hydrogen-bond donors (Lipinski definition) is 1. The number of alkyl halides is 2. The molecule has 0 amide bonds. The number of esters is 1. The van der Waals surface area contributed by atoms with Gasteiger partial charge in [0.1, 0.15) is 11.7 Å². The van der Waals surface area contributed by atoms with Gasteiger partial charge in [0.05, 0.1) is 7.11 Å². The first-order chi connectivity index (χ1) is 6.64. The second kappa shape index (κ2) is 4.94. The van der Waals surface area contributed by atoms with E-state index in [4.69, 9.17) is 11.6 Å². The van der Waals surface area contributed by atoms with Crippen LogP contribution in [0.5, 0.6) is 0 Å². The van der Waals surface area contributed by atoms with Gasteiger partial charge in [0.2, 0.25) is 0 Å². The summed E-state index contributed by atoms with van der Waals surface area (Å²) in [6, 6.07) is 0. The van der Waals surface area contributed by atoms with Gasteiger partial charge in [-0.2, -0.15) is 0 Å². The number of nitrogens with one attached hydrogen (secondary N) is 1. The molecule has 0 aromatic carbocycles. The summed E-state index contributed by atoms with van der Waals surface area (Å²) in [5, 5.41) is 2.90. The first-order valence-electron chi connectivity index (χ1n) is 4.68. The molecule has 1 aliphatic heterocycles. The van der Waals surface area contributed by atoms with Crippen LogP contribution >= 0.6 is 11.6 Å². The van der Waals surface area contributed by atoms with Crippen LogP contribution in [0.25, 0.3) is 0 Å². The van der Waals surface area contributed by atoms with Crippen molar-refractivity contribution in [3.8, 4) is 0 Å². The monoisotopic (exact) mass is 223 g/mol. The van der Waals surface area contributed by atoms with E-state index in [1.54, 1.807) is 0 Å². The normalized spacial score (nSPS) is 31.8. The van der Waals surface area contributed by atoms with Crippen LogP contribution in [0.2, 0.25) is 0 Å². The van der Waals surface area contributed by atoms with Gasteiger partial charge in [-0.15, -0.1) is 11.6 Å². The Hall–Kier alpha value is -0.350. The second-order valence-electron chi connectivity index (χ2n) is 3.55. The number of halogens is 2. The molecule has 1 unspecified atom stereocenters. The van der Waals surface area contributed by atoms with Crippen LogP contribution in [0.3, 0.4) is 0 Å². The maximum atomic E-state index is 13.0. The van der Waals surface area contributed by atoms with Gasteiger partial charge in [-0.3, -0.25) is 10.1 Å². The quantitative estimate of drug-likeness (QED) is 0.576. The molecule has 0 aromatic rings. The zero-order chi connectivity index (χ0) is 10.6. The first kappa shape index (κ1) is 11.7. The van der Waals surface area contributed by atoms with Crippen molar-refractivity contribution < 1.29 is 13.9 Å². The lowest BCUT2D eigenvalue weighted by Gasteiger charge is -2.25. The molecule has 1 heterocycles. The molecule has 1 rings (SSSR count). The molecule has 0 aromatic heterocycles. The van der Waals surface area contributed by atoms with Gasteiger partial charge in [0.25, 0.3) is 0 Å². The average molecular weight is 224 g/mol. The van der Waals surface area contributed by atoms with Crippen LogP contribution in [0.15, 0.2) is 0 Å². The van der Waals surface area contributed by atoms with Crippen molar-refractivity contribution in [1.82, 2.24) is 5.32 Å². The van der Waals surface area contributed by atoms with Crippen LogP contribution in [0.4, 0.5) is 4.39 Å². The van der Waals surface area contributed by atoms with Gasteiger partial charge in [0, 0.05) is 18.8 Å². The Bertz CT molecular complexity index is 215. The average Bonchev–Trinajstić information content (AvgIpc) is 2.57. The molecule has 0 radical (unpaired) electrons. The molecule has 0 spiro atoms. The number of hydrogen-bond acceptors (Lipinski definition) is 3. The minimum atomic E-state index is -0.968. The molecule has 82 valence electrons. The molecular weight excluding hydrogens is 209 g/mol. The van der Waals surface area contributed by atoms with E-state index in [1.165, 1.54) is 7.11 Å². The summed E-state index contributed by atoms with van der Waals surface area (Å²) in [5.74, 6) is 0.0833. The molecule has 1 aliphatic rings. The number of carbonyl (C=O) groups is 1. The molecule has 1 N–H and O–H groups in total. The topological polar surface area (TPSA) is 38.3 Å². The lowest BCUT2D eigenvalue weighted by atomic mass is 9.91. The lowest BCUT2D eigenvalue weighted by Crippen LogP contribution is -2.48. The minimum Gasteiger partial charge on any atom is -0.468 e. The number of methoxy groups -OCH3 is 1. The fourth-order valence-corrected chi connectivity index (χ4v) is 1.97. The molecule has 1 saturated heterocycles. The predicted octanol–water partition coefficient (Wildman–Crippen LogP) is 1.25. The van der Waals surface area contributed by atoms with Crippen LogP contribution in [0.1, 0.15) is 19.3 Å². The third-order valence-electron chi connectivity index (χ3n) is 2.55. The fraction of sp³-hybridized carbons (Fsp3) is 0.889. The van der Waals surface area contributed by atoms with E-state index < -0.39 is 11.7 Å². The zero-order valence-electron chi connectivity index (χ0n) is 8.19. The Labute approximate surface area is 87.9 Å². The van der Waals surface area contributed by atoms with Crippen molar-refractivity contribution >= 4 is 17.6 Å². The largest absolute Gasteiger partial charge is 0.468 e. The molecule has 0 aliphatic carbocycles. The van der Waals surface area contributed by atoms with Crippen molar-refractivity contribution in [1.29, 1.82) is 0 Å². The van der Waals surface area contributed by atoms with Gasteiger partial charge in [-0.1, -0.05) is 0 Å². The summed E-state index contributed by atoms with van der Waals surface area (Å²) in [5.41, 5.74) is -0.844. The second-order valence-corrected chi connectivity index (χ2v) is 3.93. The fourth-order valence-electron chi connectivity index (χ4n) is 1.84. The summed E-state index contributed by atoms with van der Waals surface area (Å²) < 4.78 is 17.7. The number of carbonyl (C=O) groups excluding carboxylic acids is 1. The molecular formula is C9H15ClFNO2. The van der Waals surface area contributed by atoms with Crippen LogP contribution in [-0.2, 0) is 9.53 Å². The van der Waals surface area contributed by atoms with Gasteiger partial charge >= 0.3 is 5.97 Å². The molecule has 2 atom stereocenters. The Kier molecular flexibility index (Phi) is 4.13. The highest BCUT2D eigenvalue weighted by Gasteiger charge is 2.45. The summed E-state index contributed by atoms with van der Waals surface area (Å²) in [6.07, 6.45) is 0.431. The van der Waals surface area contributed by atoms with E-state index >= 15 is 0 Å². The predicted molar refractivity (Wildman–Crippen MR) is 52.2 cm³/mol. The summed E-state index contributed by atoms with van der Waals surface area (Å²) in [7, 11) is 1.32. The highest BCUT2D eigenvalue weighted by molar-refractivity contribution is 6.17. The van der Waals surface area contributed by atoms with E-state index in [2.05, 4.69) is 10.1 Å². The maximum Gasteiger partial charge on any atom is 0.326 e. The Morgan fingerprint density at radius 3 is 2.93 bits per heavy atom. The van der Waals surface area contributed by atoms with Crippen LogP contribution in [0, 0.1) is 0 Å².